The van der Waals surface area contributed by atoms with Crippen molar-refractivity contribution < 1.29 is 9.53 Å². The average molecular weight is 359 g/mol. The molecule has 134 valence electrons. The zero-order valence-electron chi connectivity index (χ0n) is 14.8. The van der Waals surface area contributed by atoms with Crippen molar-refractivity contribution in [3.8, 4) is 5.75 Å². The van der Waals surface area contributed by atoms with Crippen molar-refractivity contribution in [2.24, 2.45) is 0 Å². The van der Waals surface area contributed by atoms with Crippen LogP contribution in [-0.2, 0) is 6.54 Å². The Labute approximate surface area is 153 Å². The summed E-state index contributed by atoms with van der Waals surface area (Å²) in [5, 5.41) is 3.54. The number of piperidine rings is 1. The molecule has 1 atom stereocenters. The van der Waals surface area contributed by atoms with E-state index in [0.717, 1.165) is 18.8 Å². The molecule has 1 aromatic carbocycles. The van der Waals surface area contributed by atoms with E-state index in [-0.39, 0.29) is 5.91 Å². The molecule has 3 rings (SSSR count). The number of carbonyl (C=O) groups excluding carboxylic acids is 1. The van der Waals surface area contributed by atoms with E-state index >= 15 is 0 Å². The minimum absolute atomic E-state index is 0.143. The number of carbonyl (C=O) groups is 1. The summed E-state index contributed by atoms with van der Waals surface area (Å²) in [6.07, 6.45) is 5.73. The Morgan fingerprint density at radius 2 is 2.16 bits per heavy atom. The first-order valence-electron chi connectivity index (χ1n) is 8.88. The number of anilines is 1. The molecule has 0 spiro atoms. The predicted octanol–water partition coefficient (Wildman–Crippen LogP) is 4.17. The van der Waals surface area contributed by atoms with Crippen molar-refractivity contribution in [2.75, 3.05) is 18.5 Å². The lowest BCUT2D eigenvalue weighted by Gasteiger charge is -2.32. The minimum atomic E-state index is -0.143. The molecule has 0 bridgehead atoms. The average Bonchev–Trinajstić information content (AvgIpc) is 3.05. The van der Waals surface area contributed by atoms with E-state index in [2.05, 4.69) is 22.1 Å². The number of aromatic nitrogens is 1. The number of rotatable bonds is 6. The Hall–Kier alpha value is -1.92. The molecule has 2 heterocycles. The number of benzene rings is 1. The van der Waals surface area contributed by atoms with Gasteiger partial charge in [-0.25, -0.2) is 4.98 Å². The van der Waals surface area contributed by atoms with Crippen molar-refractivity contribution >= 4 is 22.4 Å². The summed E-state index contributed by atoms with van der Waals surface area (Å²) < 4.78 is 5.40. The van der Waals surface area contributed by atoms with Gasteiger partial charge in [0.05, 0.1) is 6.61 Å². The van der Waals surface area contributed by atoms with E-state index in [1.165, 1.54) is 24.1 Å². The molecule has 1 aliphatic heterocycles. The smallest absolute Gasteiger partial charge is 0.257 e. The van der Waals surface area contributed by atoms with Gasteiger partial charge in [0, 0.05) is 29.2 Å². The topological polar surface area (TPSA) is 54.5 Å². The molecule has 5 nitrogen and oxygen atoms in total. The molecule has 25 heavy (non-hydrogen) atoms. The Balaban J connectivity index is 1.57. The minimum Gasteiger partial charge on any atom is -0.494 e. The van der Waals surface area contributed by atoms with Crippen LogP contribution >= 0.6 is 11.3 Å². The molecule has 0 saturated carbocycles. The van der Waals surface area contributed by atoms with Crippen LogP contribution in [0.4, 0.5) is 5.13 Å². The third-order valence-electron chi connectivity index (χ3n) is 4.50. The zero-order chi connectivity index (χ0) is 17.6. The molecule has 1 aromatic heterocycles. The van der Waals surface area contributed by atoms with Gasteiger partial charge in [-0.05, 0) is 57.5 Å². The van der Waals surface area contributed by atoms with Gasteiger partial charge in [-0.3, -0.25) is 15.0 Å². The highest BCUT2D eigenvalue weighted by molar-refractivity contribution is 7.15. The van der Waals surface area contributed by atoms with Gasteiger partial charge in [0.1, 0.15) is 5.75 Å². The number of amides is 1. The van der Waals surface area contributed by atoms with E-state index < -0.39 is 0 Å². The Morgan fingerprint density at radius 1 is 1.36 bits per heavy atom. The second-order valence-corrected chi connectivity index (χ2v) is 7.47. The van der Waals surface area contributed by atoms with Crippen molar-refractivity contribution in [1.29, 1.82) is 0 Å². The summed E-state index contributed by atoms with van der Waals surface area (Å²) in [6, 6.07) is 7.78. The van der Waals surface area contributed by atoms with E-state index in [4.69, 9.17) is 4.74 Å². The summed E-state index contributed by atoms with van der Waals surface area (Å²) in [5.41, 5.74) is 0.602. The predicted molar refractivity (Wildman–Crippen MR) is 101 cm³/mol. The van der Waals surface area contributed by atoms with E-state index in [1.54, 1.807) is 23.5 Å². The van der Waals surface area contributed by atoms with Crippen molar-refractivity contribution in [1.82, 2.24) is 9.88 Å². The number of hydrogen-bond donors (Lipinski definition) is 1. The lowest BCUT2D eigenvalue weighted by Crippen LogP contribution is -2.36. The fraction of sp³-hybridized carbons (Fsp3) is 0.474. The largest absolute Gasteiger partial charge is 0.494 e. The number of nitrogens with one attached hydrogen (secondary N) is 1. The Bertz CT molecular complexity index is 699. The second kappa shape index (κ2) is 8.45. The van der Waals surface area contributed by atoms with Crippen molar-refractivity contribution in [3.63, 3.8) is 0 Å². The van der Waals surface area contributed by atoms with Gasteiger partial charge in [-0.2, -0.15) is 0 Å². The first-order valence-corrected chi connectivity index (χ1v) is 9.70. The molecule has 0 aliphatic carbocycles. The van der Waals surface area contributed by atoms with Gasteiger partial charge in [0.2, 0.25) is 0 Å². The van der Waals surface area contributed by atoms with Crippen LogP contribution in [0.1, 0.15) is 48.3 Å². The van der Waals surface area contributed by atoms with Gasteiger partial charge < -0.3 is 4.74 Å². The van der Waals surface area contributed by atoms with E-state index in [1.807, 2.05) is 25.3 Å². The van der Waals surface area contributed by atoms with Gasteiger partial charge in [0.15, 0.2) is 5.13 Å². The second-order valence-electron chi connectivity index (χ2n) is 6.36. The van der Waals surface area contributed by atoms with Crippen LogP contribution in [0.3, 0.4) is 0 Å². The molecule has 0 radical (unpaired) electrons. The SMILES string of the molecule is CCOc1ccc(C(=O)Nc2ncc(CN3CCCCC3C)s2)cc1. The van der Waals surface area contributed by atoms with Crippen LogP contribution < -0.4 is 10.1 Å². The molecular weight excluding hydrogens is 334 g/mol. The van der Waals surface area contributed by atoms with Gasteiger partial charge in [-0.15, -0.1) is 11.3 Å². The van der Waals surface area contributed by atoms with Gasteiger partial charge >= 0.3 is 0 Å². The number of hydrogen-bond acceptors (Lipinski definition) is 5. The maximum absolute atomic E-state index is 12.3. The van der Waals surface area contributed by atoms with Crippen LogP contribution in [0.5, 0.6) is 5.75 Å². The van der Waals surface area contributed by atoms with E-state index in [9.17, 15) is 4.79 Å². The van der Waals surface area contributed by atoms with Crippen molar-refractivity contribution in [3.05, 3.63) is 40.9 Å². The zero-order valence-corrected chi connectivity index (χ0v) is 15.6. The van der Waals surface area contributed by atoms with Crippen LogP contribution in [-0.4, -0.2) is 35.0 Å². The highest BCUT2D eigenvalue weighted by Crippen LogP contribution is 2.24. The molecule has 1 N–H and O–H groups in total. The summed E-state index contributed by atoms with van der Waals surface area (Å²) in [6.45, 7) is 6.90. The molecule has 6 heteroatoms. The number of nitrogens with zero attached hydrogens (tertiary/aromatic N) is 2. The van der Waals surface area contributed by atoms with Gasteiger partial charge in [0.25, 0.3) is 5.91 Å². The molecular formula is C19H25N3O2S. The number of thiazole rings is 1. The highest BCUT2D eigenvalue weighted by Gasteiger charge is 2.19. The molecule has 1 aliphatic rings. The summed E-state index contributed by atoms with van der Waals surface area (Å²) in [4.78, 5) is 20.4. The standard InChI is InChI=1S/C19H25N3O2S/c1-3-24-16-9-7-15(8-10-16)18(23)21-19-20-12-17(25-19)13-22-11-5-4-6-14(22)2/h7-10,12,14H,3-6,11,13H2,1-2H3,(H,20,21,23). The third-order valence-corrected chi connectivity index (χ3v) is 5.40. The normalized spacial score (nSPS) is 18.1. The summed E-state index contributed by atoms with van der Waals surface area (Å²) in [5.74, 6) is 0.626. The number of likely N-dealkylation sites (tertiary alicyclic amines) is 1. The fourth-order valence-corrected chi connectivity index (χ4v) is 3.90. The highest BCUT2D eigenvalue weighted by atomic mass is 32.1. The molecule has 1 fully saturated rings. The quantitative estimate of drug-likeness (QED) is 0.841. The van der Waals surface area contributed by atoms with Crippen LogP contribution in [0.25, 0.3) is 0 Å². The fourth-order valence-electron chi connectivity index (χ4n) is 3.07. The molecule has 1 amide bonds. The van der Waals surface area contributed by atoms with Crippen molar-refractivity contribution in [2.45, 2.75) is 45.7 Å². The number of ether oxygens (including phenoxy) is 1. The summed E-state index contributed by atoms with van der Waals surface area (Å²) >= 11 is 1.55. The maximum atomic E-state index is 12.3. The third kappa shape index (κ3) is 4.80. The molecule has 1 unspecified atom stereocenters. The van der Waals surface area contributed by atoms with E-state index in [0.29, 0.717) is 23.3 Å². The molecule has 2 aromatic rings. The Morgan fingerprint density at radius 3 is 2.88 bits per heavy atom. The first-order chi connectivity index (χ1) is 12.2. The summed E-state index contributed by atoms with van der Waals surface area (Å²) in [7, 11) is 0. The van der Waals surface area contributed by atoms with Crippen LogP contribution in [0, 0.1) is 0 Å². The van der Waals surface area contributed by atoms with Crippen LogP contribution in [0.15, 0.2) is 30.5 Å². The lowest BCUT2D eigenvalue weighted by atomic mass is 10.0. The monoisotopic (exact) mass is 359 g/mol. The maximum Gasteiger partial charge on any atom is 0.257 e. The van der Waals surface area contributed by atoms with Gasteiger partial charge in [-0.1, -0.05) is 6.42 Å². The van der Waals surface area contributed by atoms with Crippen LogP contribution in [0.2, 0.25) is 0 Å². The Kier molecular flexibility index (Phi) is 6.04. The lowest BCUT2D eigenvalue weighted by molar-refractivity contribution is 0.102. The first kappa shape index (κ1) is 17.9. The molecule has 1 saturated heterocycles.